The second kappa shape index (κ2) is 6.34. The van der Waals surface area contributed by atoms with Crippen molar-refractivity contribution in [3.8, 4) is 0 Å². The van der Waals surface area contributed by atoms with Crippen molar-refractivity contribution < 1.29 is 9.21 Å². The number of oxazole rings is 1. The number of amides is 1. The number of rotatable bonds is 4. The lowest BCUT2D eigenvalue weighted by atomic mass is 9.82. The first-order chi connectivity index (χ1) is 10.5. The highest BCUT2D eigenvalue weighted by molar-refractivity contribution is 6.42. The molecule has 1 fully saturated rings. The maximum absolute atomic E-state index is 11.2. The zero-order valence-electron chi connectivity index (χ0n) is 11.9. The molecule has 1 aromatic carbocycles. The van der Waals surface area contributed by atoms with Crippen LogP contribution in [0.3, 0.4) is 0 Å². The molecule has 0 bridgehead atoms. The van der Waals surface area contributed by atoms with E-state index in [9.17, 15) is 4.79 Å². The molecule has 118 valence electrons. The molecule has 1 saturated carbocycles. The van der Waals surface area contributed by atoms with E-state index in [1.165, 1.54) is 0 Å². The van der Waals surface area contributed by atoms with Gasteiger partial charge in [0.2, 0.25) is 5.91 Å². The molecule has 2 aromatic rings. The lowest BCUT2D eigenvalue weighted by Gasteiger charge is -2.26. The van der Waals surface area contributed by atoms with Gasteiger partial charge in [-0.05, 0) is 37.7 Å². The molecular weight excluding hydrogens is 325 g/mol. The van der Waals surface area contributed by atoms with E-state index in [0.717, 1.165) is 32.2 Å². The Hall–Kier alpha value is -1.46. The average molecular weight is 342 g/mol. The van der Waals surface area contributed by atoms with E-state index < -0.39 is 0 Å². The third-order valence-corrected chi connectivity index (χ3v) is 4.94. The molecule has 3 rings (SSSR count). The maximum atomic E-state index is 11.2. The number of primary amides is 1. The first kappa shape index (κ1) is 15.4. The molecule has 0 aliphatic heterocycles. The van der Waals surface area contributed by atoms with Gasteiger partial charge in [-0.25, -0.2) is 0 Å². The standard InChI is InChI=1S/C15H17Cl2N3O2/c16-10-5-12-13(6-11(10)17)22-15(20-12)19-7-8-1-3-9(4-2-8)14(18)21/h5-6,8-9H,1-4,7H2,(H2,18,21)(H,19,20)/t8-,9-. The molecule has 0 unspecified atom stereocenters. The van der Waals surface area contributed by atoms with Crippen molar-refractivity contribution in [2.24, 2.45) is 17.6 Å². The fourth-order valence-corrected chi connectivity index (χ4v) is 3.19. The van der Waals surface area contributed by atoms with Crippen molar-refractivity contribution >= 4 is 46.2 Å². The molecule has 1 aromatic heterocycles. The highest BCUT2D eigenvalue weighted by atomic mass is 35.5. The smallest absolute Gasteiger partial charge is 0.295 e. The number of anilines is 1. The Labute approximate surface area is 138 Å². The molecule has 0 spiro atoms. The Kier molecular flexibility index (Phi) is 4.45. The number of carbonyl (C=O) groups is 1. The fourth-order valence-electron chi connectivity index (χ4n) is 2.88. The number of hydrogen-bond acceptors (Lipinski definition) is 4. The number of nitrogens with zero attached hydrogens (tertiary/aromatic N) is 1. The third-order valence-electron chi connectivity index (χ3n) is 4.22. The van der Waals surface area contributed by atoms with Crippen LogP contribution in [0.1, 0.15) is 25.7 Å². The number of fused-ring (bicyclic) bond motifs is 1. The van der Waals surface area contributed by atoms with Crippen molar-refractivity contribution in [2.45, 2.75) is 25.7 Å². The fraction of sp³-hybridized carbons (Fsp3) is 0.467. The summed E-state index contributed by atoms with van der Waals surface area (Å²) in [6.07, 6.45) is 3.69. The topological polar surface area (TPSA) is 81.2 Å². The van der Waals surface area contributed by atoms with Gasteiger partial charge in [0.25, 0.3) is 6.01 Å². The van der Waals surface area contributed by atoms with Crippen molar-refractivity contribution in [2.75, 3.05) is 11.9 Å². The van der Waals surface area contributed by atoms with Gasteiger partial charge in [0, 0.05) is 18.5 Å². The summed E-state index contributed by atoms with van der Waals surface area (Å²) in [5.41, 5.74) is 6.63. The normalized spacial score (nSPS) is 21.9. The first-order valence-electron chi connectivity index (χ1n) is 7.31. The summed E-state index contributed by atoms with van der Waals surface area (Å²) >= 11 is 11.9. The summed E-state index contributed by atoms with van der Waals surface area (Å²) in [5, 5.41) is 4.11. The van der Waals surface area contributed by atoms with Gasteiger partial charge in [-0.15, -0.1) is 0 Å². The number of nitrogens with two attached hydrogens (primary N) is 1. The molecule has 0 radical (unpaired) electrons. The van der Waals surface area contributed by atoms with Crippen LogP contribution < -0.4 is 11.1 Å². The predicted molar refractivity (Wildman–Crippen MR) is 87.2 cm³/mol. The number of nitrogens with one attached hydrogen (secondary N) is 1. The van der Waals surface area contributed by atoms with Crippen LogP contribution in [0.15, 0.2) is 16.5 Å². The summed E-state index contributed by atoms with van der Waals surface area (Å²) in [7, 11) is 0. The summed E-state index contributed by atoms with van der Waals surface area (Å²) in [6, 6.07) is 3.81. The van der Waals surface area contributed by atoms with Crippen molar-refractivity contribution in [1.82, 2.24) is 4.98 Å². The molecule has 1 amide bonds. The minimum absolute atomic E-state index is 0.0323. The first-order valence-corrected chi connectivity index (χ1v) is 8.07. The Morgan fingerprint density at radius 1 is 1.27 bits per heavy atom. The van der Waals surface area contributed by atoms with Crippen molar-refractivity contribution in [3.63, 3.8) is 0 Å². The molecule has 7 heteroatoms. The van der Waals surface area contributed by atoms with Gasteiger partial charge in [0.15, 0.2) is 5.58 Å². The lowest BCUT2D eigenvalue weighted by molar-refractivity contribution is -0.122. The van der Waals surface area contributed by atoms with E-state index in [1.54, 1.807) is 12.1 Å². The summed E-state index contributed by atoms with van der Waals surface area (Å²) < 4.78 is 5.61. The molecule has 5 nitrogen and oxygen atoms in total. The van der Waals surface area contributed by atoms with Crippen LogP contribution in [0.2, 0.25) is 10.0 Å². The second-order valence-electron chi connectivity index (χ2n) is 5.75. The van der Waals surface area contributed by atoms with E-state index in [0.29, 0.717) is 33.1 Å². The Bertz CT molecular complexity index is 654. The zero-order valence-corrected chi connectivity index (χ0v) is 13.5. The predicted octanol–water partition coefficient (Wildman–Crippen LogP) is 3.84. The summed E-state index contributed by atoms with van der Waals surface area (Å²) in [4.78, 5) is 15.5. The zero-order chi connectivity index (χ0) is 15.7. The Morgan fingerprint density at radius 2 is 1.95 bits per heavy atom. The van der Waals surface area contributed by atoms with Crippen molar-refractivity contribution in [1.29, 1.82) is 0 Å². The molecule has 1 aliphatic rings. The molecular formula is C15H17Cl2N3O2. The van der Waals surface area contributed by atoms with Gasteiger partial charge in [0.05, 0.1) is 10.0 Å². The van der Waals surface area contributed by atoms with Crippen LogP contribution in [-0.2, 0) is 4.79 Å². The van der Waals surface area contributed by atoms with Crippen LogP contribution in [0.25, 0.3) is 11.1 Å². The van der Waals surface area contributed by atoms with Gasteiger partial charge < -0.3 is 15.5 Å². The third kappa shape index (κ3) is 3.31. The number of carbonyl (C=O) groups excluding carboxylic acids is 1. The number of aromatic nitrogens is 1. The van der Waals surface area contributed by atoms with Crippen LogP contribution in [0, 0.1) is 11.8 Å². The van der Waals surface area contributed by atoms with Crippen LogP contribution in [0.5, 0.6) is 0 Å². The molecule has 1 heterocycles. The van der Waals surface area contributed by atoms with Gasteiger partial charge >= 0.3 is 0 Å². The van der Waals surface area contributed by atoms with E-state index in [1.807, 2.05) is 0 Å². The quantitative estimate of drug-likeness (QED) is 0.885. The number of benzene rings is 1. The van der Waals surface area contributed by atoms with E-state index in [2.05, 4.69) is 10.3 Å². The van der Waals surface area contributed by atoms with Crippen LogP contribution in [0.4, 0.5) is 6.01 Å². The average Bonchev–Trinajstić information content (AvgIpc) is 2.88. The minimum atomic E-state index is -0.181. The number of halogens is 2. The highest BCUT2D eigenvalue weighted by Gasteiger charge is 2.24. The molecule has 22 heavy (non-hydrogen) atoms. The van der Waals surface area contributed by atoms with E-state index in [-0.39, 0.29) is 11.8 Å². The lowest BCUT2D eigenvalue weighted by Crippen LogP contribution is -2.29. The molecule has 0 atom stereocenters. The van der Waals surface area contributed by atoms with E-state index in [4.69, 9.17) is 33.4 Å². The molecule has 0 saturated heterocycles. The second-order valence-corrected chi connectivity index (χ2v) is 6.57. The monoisotopic (exact) mass is 341 g/mol. The highest BCUT2D eigenvalue weighted by Crippen LogP contribution is 2.31. The Morgan fingerprint density at radius 3 is 2.64 bits per heavy atom. The summed E-state index contributed by atoms with van der Waals surface area (Å²) in [6.45, 7) is 0.764. The van der Waals surface area contributed by atoms with E-state index >= 15 is 0 Å². The van der Waals surface area contributed by atoms with Gasteiger partial charge in [-0.1, -0.05) is 23.2 Å². The molecule has 3 N–H and O–H groups in total. The van der Waals surface area contributed by atoms with Gasteiger partial charge in [-0.3, -0.25) is 4.79 Å². The molecule has 1 aliphatic carbocycles. The van der Waals surface area contributed by atoms with Gasteiger partial charge in [0.1, 0.15) is 5.52 Å². The Balaban J connectivity index is 1.59. The van der Waals surface area contributed by atoms with Gasteiger partial charge in [-0.2, -0.15) is 4.98 Å². The SMILES string of the molecule is NC(=O)[C@H]1CC[C@H](CNc2nc3cc(Cl)c(Cl)cc3o2)CC1. The summed E-state index contributed by atoms with van der Waals surface area (Å²) in [5.74, 6) is 0.349. The van der Waals surface area contributed by atoms with Crippen LogP contribution in [-0.4, -0.2) is 17.4 Å². The number of hydrogen-bond donors (Lipinski definition) is 2. The minimum Gasteiger partial charge on any atom is -0.424 e. The van der Waals surface area contributed by atoms with Crippen LogP contribution >= 0.6 is 23.2 Å². The largest absolute Gasteiger partial charge is 0.424 e. The maximum Gasteiger partial charge on any atom is 0.295 e. The van der Waals surface area contributed by atoms with Crippen molar-refractivity contribution in [3.05, 3.63) is 22.2 Å².